The van der Waals surface area contributed by atoms with Crippen LogP contribution in [0.15, 0.2) is 108 Å². The topological polar surface area (TPSA) is 79.8 Å². The second-order valence-electron chi connectivity index (χ2n) is 8.78. The fourth-order valence-corrected chi connectivity index (χ4v) is 5.46. The van der Waals surface area contributed by atoms with Crippen molar-refractivity contribution in [2.45, 2.75) is 11.8 Å². The molecule has 1 aliphatic carbocycles. The Balaban J connectivity index is 1.06. The van der Waals surface area contributed by atoms with Crippen molar-refractivity contribution in [2.24, 2.45) is 5.10 Å². The Labute approximate surface area is 226 Å². The molecule has 0 aromatic heterocycles. The number of thioether (sulfide) groups is 1. The van der Waals surface area contributed by atoms with Gasteiger partial charge in [0.25, 0.3) is 5.91 Å². The van der Waals surface area contributed by atoms with Crippen LogP contribution < -0.4 is 15.5 Å². The van der Waals surface area contributed by atoms with Crippen molar-refractivity contribution in [2.75, 3.05) is 12.4 Å². The molecule has 0 atom stereocenters. The highest BCUT2D eigenvalue weighted by Gasteiger charge is 2.28. The highest BCUT2D eigenvalue weighted by Crippen LogP contribution is 2.49. The summed E-state index contributed by atoms with van der Waals surface area (Å²) in [5.74, 6) is 0.526. The summed E-state index contributed by atoms with van der Waals surface area (Å²) in [6, 6.07) is 33.6. The quantitative estimate of drug-likeness (QED) is 0.218. The lowest BCUT2D eigenvalue weighted by Gasteiger charge is -2.12. The molecule has 0 fully saturated rings. The summed E-state index contributed by atoms with van der Waals surface area (Å²) < 4.78 is 5.56. The van der Waals surface area contributed by atoms with Crippen LogP contribution in [0.4, 0.5) is 0 Å². The van der Waals surface area contributed by atoms with E-state index >= 15 is 0 Å². The molecule has 0 bridgehead atoms. The minimum atomic E-state index is -0.190. The first kappa shape index (κ1) is 25.3. The van der Waals surface area contributed by atoms with Crippen LogP contribution in [0.25, 0.3) is 11.1 Å². The third-order valence-corrected chi connectivity index (χ3v) is 7.41. The first-order chi connectivity index (χ1) is 18.7. The second kappa shape index (κ2) is 12.3. The molecular weight excluding hydrogens is 494 g/mol. The summed E-state index contributed by atoms with van der Waals surface area (Å²) in [6.45, 7) is 0.397. The maximum atomic E-state index is 12.5. The van der Waals surface area contributed by atoms with Crippen LogP contribution in [0.1, 0.15) is 27.5 Å². The van der Waals surface area contributed by atoms with Gasteiger partial charge in [-0.1, -0.05) is 78.9 Å². The van der Waals surface area contributed by atoms with E-state index in [9.17, 15) is 9.59 Å². The van der Waals surface area contributed by atoms with E-state index in [1.807, 2.05) is 66.7 Å². The van der Waals surface area contributed by atoms with Crippen LogP contribution in [0.3, 0.4) is 0 Å². The molecule has 2 amide bonds. The summed E-state index contributed by atoms with van der Waals surface area (Å²) in [5, 5.41) is 7.05. The van der Waals surface area contributed by atoms with Gasteiger partial charge in [-0.2, -0.15) is 5.10 Å². The SMILES string of the molecule is O=C(COc1ccc(/C=N/NC(=O)CSC2c3ccccc3-c3ccccc32)cc1)NCc1ccccc1. The molecule has 2 N–H and O–H groups in total. The molecule has 1 aliphatic rings. The van der Waals surface area contributed by atoms with Crippen LogP contribution in [0.5, 0.6) is 5.75 Å². The Kier molecular flexibility index (Phi) is 8.16. The molecule has 5 rings (SSSR count). The minimum Gasteiger partial charge on any atom is -0.484 e. The standard InChI is InChI=1S/C31H27N3O3S/c35-29(32-18-22-8-2-1-3-9-22)20-37-24-16-14-23(15-17-24)19-33-34-30(36)21-38-31-27-12-6-4-10-25(27)26-11-5-7-13-28(26)31/h1-17,19,31H,18,20-21H2,(H,32,35)(H,34,36)/b33-19+. The third kappa shape index (κ3) is 6.30. The van der Waals surface area contributed by atoms with Crippen molar-refractivity contribution < 1.29 is 14.3 Å². The molecule has 4 aromatic rings. The molecule has 7 heteroatoms. The number of hydrogen-bond donors (Lipinski definition) is 2. The molecule has 0 saturated heterocycles. The van der Waals surface area contributed by atoms with Crippen molar-refractivity contribution in [1.29, 1.82) is 0 Å². The number of carbonyl (C=O) groups is 2. The van der Waals surface area contributed by atoms with E-state index in [0.717, 1.165) is 11.1 Å². The third-order valence-electron chi connectivity index (χ3n) is 6.14. The van der Waals surface area contributed by atoms with E-state index in [-0.39, 0.29) is 23.7 Å². The lowest BCUT2D eigenvalue weighted by atomic mass is 10.1. The predicted molar refractivity (Wildman–Crippen MR) is 152 cm³/mol. The minimum absolute atomic E-state index is 0.0655. The summed E-state index contributed by atoms with van der Waals surface area (Å²) in [6.07, 6.45) is 1.58. The van der Waals surface area contributed by atoms with Gasteiger partial charge in [0.1, 0.15) is 5.75 Å². The number of rotatable bonds is 10. The van der Waals surface area contributed by atoms with Crippen LogP contribution in [0.2, 0.25) is 0 Å². The van der Waals surface area contributed by atoms with E-state index in [4.69, 9.17) is 4.74 Å². The Morgan fingerprint density at radius 3 is 2.11 bits per heavy atom. The molecule has 190 valence electrons. The molecule has 0 saturated carbocycles. The fraction of sp³-hybridized carbons (Fsp3) is 0.129. The average molecular weight is 522 g/mol. The van der Waals surface area contributed by atoms with Crippen molar-refractivity contribution >= 4 is 29.8 Å². The smallest absolute Gasteiger partial charge is 0.258 e. The van der Waals surface area contributed by atoms with Crippen molar-refractivity contribution in [3.05, 3.63) is 125 Å². The first-order valence-corrected chi connectivity index (χ1v) is 13.4. The molecule has 6 nitrogen and oxygen atoms in total. The first-order valence-electron chi connectivity index (χ1n) is 12.3. The zero-order valence-electron chi connectivity index (χ0n) is 20.7. The van der Waals surface area contributed by atoms with Gasteiger partial charge in [0.2, 0.25) is 5.91 Å². The Bertz CT molecular complexity index is 1390. The van der Waals surface area contributed by atoms with Gasteiger partial charge in [0.05, 0.1) is 17.2 Å². The molecule has 4 aromatic carbocycles. The van der Waals surface area contributed by atoms with Crippen LogP contribution in [-0.4, -0.2) is 30.4 Å². The molecule has 0 heterocycles. The van der Waals surface area contributed by atoms with E-state index in [1.165, 1.54) is 22.3 Å². The Morgan fingerprint density at radius 1 is 0.789 bits per heavy atom. The van der Waals surface area contributed by atoms with Crippen molar-refractivity contribution in [1.82, 2.24) is 10.7 Å². The van der Waals surface area contributed by atoms with Gasteiger partial charge in [-0.25, -0.2) is 5.43 Å². The number of hydrazone groups is 1. The normalized spacial score (nSPS) is 12.1. The molecule has 0 radical (unpaired) electrons. The van der Waals surface area contributed by atoms with Crippen LogP contribution in [0, 0.1) is 0 Å². The van der Waals surface area contributed by atoms with Crippen LogP contribution in [-0.2, 0) is 16.1 Å². The maximum absolute atomic E-state index is 12.5. The fourth-order valence-electron chi connectivity index (χ4n) is 4.31. The summed E-state index contributed by atoms with van der Waals surface area (Å²) in [5.41, 5.74) is 9.40. The monoisotopic (exact) mass is 521 g/mol. The van der Waals surface area contributed by atoms with E-state index in [1.54, 1.807) is 30.1 Å². The lowest BCUT2D eigenvalue weighted by Crippen LogP contribution is -2.28. The highest BCUT2D eigenvalue weighted by molar-refractivity contribution is 8.00. The second-order valence-corrected chi connectivity index (χ2v) is 9.87. The predicted octanol–water partition coefficient (Wildman–Crippen LogP) is 5.34. The van der Waals surface area contributed by atoms with E-state index in [2.05, 4.69) is 40.1 Å². The van der Waals surface area contributed by atoms with Gasteiger partial charge in [-0.3, -0.25) is 9.59 Å². The zero-order chi connectivity index (χ0) is 26.2. The van der Waals surface area contributed by atoms with Gasteiger partial charge < -0.3 is 10.1 Å². The molecule has 38 heavy (non-hydrogen) atoms. The molecular formula is C31H27N3O3S. The number of nitrogens with one attached hydrogen (secondary N) is 2. The van der Waals surface area contributed by atoms with Gasteiger partial charge in [-0.15, -0.1) is 11.8 Å². The molecule has 0 aliphatic heterocycles. The number of fused-ring (bicyclic) bond motifs is 3. The number of nitrogens with zero attached hydrogens (tertiary/aromatic N) is 1. The largest absolute Gasteiger partial charge is 0.484 e. The number of amides is 2. The highest BCUT2D eigenvalue weighted by atomic mass is 32.2. The van der Waals surface area contributed by atoms with Crippen molar-refractivity contribution in [3.63, 3.8) is 0 Å². The lowest BCUT2D eigenvalue weighted by molar-refractivity contribution is -0.123. The number of benzene rings is 4. The van der Waals surface area contributed by atoms with Gasteiger partial charge in [0, 0.05) is 6.54 Å². The number of hydrogen-bond acceptors (Lipinski definition) is 5. The summed E-state index contributed by atoms with van der Waals surface area (Å²) in [4.78, 5) is 24.5. The zero-order valence-corrected chi connectivity index (χ0v) is 21.5. The summed E-state index contributed by atoms with van der Waals surface area (Å²) in [7, 11) is 0. The maximum Gasteiger partial charge on any atom is 0.258 e. The molecule has 0 spiro atoms. The number of carbonyl (C=O) groups excluding carboxylic acids is 2. The van der Waals surface area contributed by atoms with E-state index in [0.29, 0.717) is 18.0 Å². The summed E-state index contributed by atoms with van der Waals surface area (Å²) >= 11 is 1.60. The number of ether oxygens (including phenoxy) is 1. The van der Waals surface area contributed by atoms with Gasteiger partial charge in [-0.05, 0) is 57.6 Å². The van der Waals surface area contributed by atoms with Crippen molar-refractivity contribution in [3.8, 4) is 16.9 Å². The van der Waals surface area contributed by atoms with Gasteiger partial charge in [0.15, 0.2) is 6.61 Å². The van der Waals surface area contributed by atoms with Gasteiger partial charge >= 0.3 is 0 Å². The molecule has 0 unspecified atom stereocenters. The van der Waals surface area contributed by atoms with Crippen LogP contribution >= 0.6 is 11.8 Å². The Hall–Kier alpha value is -4.36. The average Bonchev–Trinajstić information content (AvgIpc) is 3.29. The Morgan fingerprint density at radius 2 is 1.42 bits per heavy atom. The van der Waals surface area contributed by atoms with E-state index < -0.39 is 0 Å².